The average molecular weight is 434 g/mol. The SMILES string of the molecule is C=C(C)c1cc2cc(C)c(CC(=O)OCC)c(OS(=O)(=O)C(F)(F)F)c2cc1F. The van der Waals surface area contributed by atoms with Gasteiger partial charge in [0.2, 0.25) is 0 Å². The van der Waals surface area contributed by atoms with E-state index in [0.717, 1.165) is 6.07 Å². The Balaban J connectivity index is 2.83. The van der Waals surface area contributed by atoms with E-state index in [1.165, 1.54) is 32.9 Å². The van der Waals surface area contributed by atoms with Crippen LogP contribution in [0.15, 0.2) is 24.8 Å². The summed E-state index contributed by atoms with van der Waals surface area (Å²) in [6, 6.07) is 3.67. The van der Waals surface area contributed by atoms with Crippen LogP contribution < -0.4 is 4.18 Å². The summed E-state index contributed by atoms with van der Waals surface area (Å²) in [4.78, 5) is 11.9. The zero-order valence-corrected chi connectivity index (χ0v) is 16.6. The molecule has 0 unspecified atom stereocenters. The molecule has 0 fully saturated rings. The van der Waals surface area contributed by atoms with Crippen molar-refractivity contribution < 1.29 is 39.7 Å². The van der Waals surface area contributed by atoms with Crippen LogP contribution in [0.3, 0.4) is 0 Å². The van der Waals surface area contributed by atoms with Crippen LogP contribution in [0, 0.1) is 12.7 Å². The lowest BCUT2D eigenvalue weighted by Crippen LogP contribution is -2.28. The lowest BCUT2D eigenvalue weighted by atomic mass is 9.95. The maximum absolute atomic E-state index is 14.5. The van der Waals surface area contributed by atoms with E-state index in [0.29, 0.717) is 5.57 Å². The first kappa shape index (κ1) is 22.7. The average Bonchev–Trinajstić information content (AvgIpc) is 2.57. The minimum Gasteiger partial charge on any atom is -0.466 e. The van der Waals surface area contributed by atoms with E-state index in [9.17, 15) is 30.8 Å². The topological polar surface area (TPSA) is 69.7 Å². The van der Waals surface area contributed by atoms with Crippen LogP contribution in [0.1, 0.15) is 30.5 Å². The summed E-state index contributed by atoms with van der Waals surface area (Å²) in [6.07, 6.45) is -0.553. The number of hydrogen-bond acceptors (Lipinski definition) is 5. The number of benzene rings is 2. The highest BCUT2D eigenvalue weighted by Crippen LogP contribution is 2.38. The molecule has 0 aliphatic rings. The van der Waals surface area contributed by atoms with Gasteiger partial charge in [0.05, 0.1) is 13.0 Å². The molecule has 0 atom stereocenters. The number of carbonyl (C=O) groups is 1. The van der Waals surface area contributed by atoms with E-state index in [2.05, 4.69) is 10.8 Å². The van der Waals surface area contributed by atoms with Gasteiger partial charge in [0.15, 0.2) is 5.75 Å². The lowest BCUT2D eigenvalue weighted by molar-refractivity contribution is -0.142. The number of fused-ring (bicyclic) bond motifs is 1. The lowest BCUT2D eigenvalue weighted by Gasteiger charge is -2.18. The van der Waals surface area contributed by atoms with Gasteiger partial charge in [-0.15, -0.1) is 0 Å². The van der Waals surface area contributed by atoms with Crippen molar-refractivity contribution in [3.63, 3.8) is 0 Å². The van der Waals surface area contributed by atoms with Crippen LogP contribution in [0.4, 0.5) is 17.6 Å². The molecule has 0 saturated heterocycles. The van der Waals surface area contributed by atoms with E-state index in [4.69, 9.17) is 4.74 Å². The fraction of sp³-hybridized carbons (Fsp3) is 0.316. The monoisotopic (exact) mass is 434 g/mol. The molecule has 0 aliphatic carbocycles. The number of rotatable bonds is 6. The number of halogens is 4. The summed E-state index contributed by atoms with van der Waals surface area (Å²) in [5.74, 6) is -2.40. The predicted molar refractivity (Wildman–Crippen MR) is 99.3 cm³/mol. The summed E-state index contributed by atoms with van der Waals surface area (Å²) < 4.78 is 85.6. The molecule has 2 rings (SSSR count). The highest BCUT2D eigenvalue weighted by Gasteiger charge is 2.49. The Bertz CT molecular complexity index is 1090. The fourth-order valence-corrected chi connectivity index (χ4v) is 3.23. The van der Waals surface area contributed by atoms with E-state index in [-0.39, 0.29) is 34.1 Å². The second kappa shape index (κ2) is 8.02. The second-order valence-electron chi connectivity index (χ2n) is 6.30. The first-order chi connectivity index (χ1) is 13.3. The van der Waals surface area contributed by atoms with Gasteiger partial charge in [-0.2, -0.15) is 21.6 Å². The quantitative estimate of drug-likeness (QED) is 0.286. The van der Waals surface area contributed by atoms with Crippen LogP contribution in [0.2, 0.25) is 0 Å². The standard InChI is InChI=1S/C19H18F4O5S/c1-5-27-17(24)9-14-11(4)6-12-7-13(10(2)3)16(20)8-15(12)18(14)28-29(25,26)19(21,22)23/h6-8H,2,5,9H2,1,3-4H3. The van der Waals surface area contributed by atoms with Gasteiger partial charge >= 0.3 is 21.6 Å². The van der Waals surface area contributed by atoms with Crippen molar-refractivity contribution in [2.24, 2.45) is 0 Å². The predicted octanol–water partition coefficient (Wildman–Crippen LogP) is 4.65. The largest absolute Gasteiger partial charge is 0.534 e. The molecular formula is C19H18F4O5S. The van der Waals surface area contributed by atoms with Crippen LogP contribution in [0.5, 0.6) is 5.75 Å². The molecule has 0 amide bonds. The molecular weight excluding hydrogens is 416 g/mol. The summed E-state index contributed by atoms with van der Waals surface area (Å²) in [5, 5.41) is -0.00731. The third-order valence-electron chi connectivity index (χ3n) is 4.07. The fourth-order valence-electron chi connectivity index (χ4n) is 2.72. The third-order valence-corrected chi connectivity index (χ3v) is 5.02. The Morgan fingerprint density at radius 1 is 1.21 bits per heavy atom. The molecule has 0 aliphatic heterocycles. The summed E-state index contributed by atoms with van der Waals surface area (Å²) >= 11 is 0. The highest BCUT2D eigenvalue weighted by atomic mass is 32.2. The van der Waals surface area contributed by atoms with Crippen molar-refractivity contribution in [3.05, 3.63) is 47.3 Å². The van der Waals surface area contributed by atoms with Gasteiger partial charge < -0.3 is 8.92 Å². The van der Waals surface area contributed by atoms with Gasteiger partial charge in [-0.1, -0.05) is 12.6 Å². The van der Waals surface area contributed by atoms with E-state index < -0.39 is 39.6 Å². The molecule has 5 nitrogen and oxygen atoms in total. The maximum Gasteiger partial charge on any atom is 0.534 e. The minimum atomic E-state index is -6.06. The first-order valence-electron chi connectivity index (χ1n) is 8.36. The number of carbonyl (C=O) groups excluding carboxylic acids is 1. The van der Waals surface area contributed by atoms with Gasteiger partial charge in [-0.3, -0.25) is 4.79 Å². The molecule has 0 saturated carbocycles. The number of esters is 1. The van der Waals surface area contributed by atoms with Crippen LogP contribution >= 0.6 is 0 Å². The van der Waals surface area contributed by atoms with Crippen molar-refractivity contribution in [1.29, 1.82) is 0 Å². The van der Waals surface area contributed by atoms with Crippen molar-refractivity contribution in [2.75, 3.05) is 6.61 Å². The van der Waals surface area contributed by atoms with E-state index >= 15 is 0 Å². The van der Waals surface area contributed by atoms with Gasteiger partial charge in [0.25, 0.3) is 0 Å². The molecule has 0 heterocycles. The van der Waals surface area contributed by atoms with Gasteiger partial charge in [-0.25, -0.2) is 4.39 Å². The van der Waals surface area contributed by atoms with Crippen molar-refractivity contribution in [2.45, 2.75) is 32.7 Å². The van der Waals surface area contributed by atoms with Crippen molar-refractivity contribution in [3.8, 4) is 5.75 Å². The number of allylic oxidation sites excluding steroid dienone is 1. The zero-order chi connectivity index (χ0) is 22.1. The van der Waals surface area contributed by atoms with Crippen LogP contribution in [-0.4, -0.2) is 26.5 Å². The Morgan fingerprint density at radius 2 is 1.83 bits per heavy atom. The molecule has 2 aromatic rings. The third kappa shape index (κ3) is 4.69. The number of alkyl halides is 3. The van der Waals surface area contributed by atoms with Gasteiger partial charge in [-0.05, 0) is 49.4 Å². The summed E-state index contributed by atoms with van der Waals surface area (Å²) in [5.41, 5.74) is -5.10. The number of hydrogen-bond donors (Lipinski definition) is 0. The van der Waals surface area contributed by atoms with Crippen molar-refractivity contribution in [1.82, 2.24) is 0 Å². The van der Waals surface area contributed by atoms with E-state index in [1.54, 1.807) is 0 Å². The van der Waals surface area contributed by atoms with Gasteiger partial charge in [0, 0.05) is 16.5 Å². The molecule has 0 radical (unpaired) electrons. The maximum atomic E-state index is 14.5. The molecule has 2 aromatic carbocycles. The second-order valence-corrected chi connectivity index (χ2v) is 7.84. The van der Waals surface area contributed by atoms with Crippen LogP contribution in [0.25, 0.3) is 16.3 Å². The molecule has 0 bridgehead atoms. The first-order valence-corrected chi connectivity index (χ1v) is 9.77. The summed E-state index contributed by atoms with van der Waals surface area (Å²) in [6.45, 7) is 8.18. The van der Waals surface area contributed by atoms with Crippen LogP contribution in [-0.2, 0) is 26.1 Å². The van der Waals surface area contributed by atoms with E-state index in [1.807, 2.05) is 0 Å². The minimum absolute atomic E-state index is 0.0130. The molecule has 0 spiro atoms. The smallest absolute Gasteiger partial charge is 0.466 e. The summed E-state index contributed by atoms with van der Waals surface area (Å²) in [7, 11) is -6.06. The van der Waals surface area contributed by atoms with Gasteiger partial charge in [0.1, 0.15) is 5.82 Å². The van der Waals surface area contributed by atoms with Crippen molar-refractivity contribution >= 4 is 32.4 Å². The normalized spacial score (nSPS) is 12.1. The highest BCUT2D eigenvalue weighted by molar-refractivity contribution is 7.88. The number of aryl methyl sites for hydroxylation is 1. The molecule has 29 heavy (non-hydrogen) atoms. The molecule has 0 aromatic heterocycles. The molecule has 10 heteroatoms. The Hall–Kier alpha value is -2.62. The number of ether oxygens (including phenoxy) is 1. The molecule has 158 valence electrons. The Labute approximate surface area is 165 Å². The molecule has 0 N–H and O–H groups in total. The Morgan fingerprint density at radius 3 is 2.34 bits per heavy atom. The zero-order valence-electron chi connectivity index (χ0n) is 15.8. The Kier molecular flexibility index (Phi) is 6.27.